The van der Waals surface area contributed by atoms with Crippen LogP contribution in [0.1, 0.15) is 26.2 Å². The minimum Gasteiger partial charge on any atom is -0.372 e. The number of hydrogen-bond acceptors (Lipinski definition) is 1. The summed E-state index contributed by atoms with van der Waals surface area (Å²) in [7, 11) is 0. The molecule has 1 saturated carbocycles. The highest BCUT2D eigenvalue weighted by Gasteiger charge is 2.58. The van der Waals surface area contributed by atoms with Crippen LogP contribution in [0.2, 0.25) is 0 Å². The van der Waals surface area contributed by atoms with E-state index < -0.39 is 12.0 Å². The van der Waals surface area contributed by atoms with Gasteiger partial charge in [0.25, 0.3) is 5.92 Å². The third-order valence-electron chi connectivity index (χ3n) is 1.59. The van der Waals surface area contributed by atoms with Gasteiger partial charge in [-0.25, -0.2) is 8.78 Å². The summed E-state index contributed by atoms with van der Waals surface area (Å²) in [5, 5.41) is 0. The predicted octanol–water partition coefficient (Wildman–Crippen LogP) is 2.21. The maximum Gasteiger partial charge on any atom is 0.276 e. The molecule has 0 amide bonds. The van der Waals surface area contributed by atoms with Crippen LogP contribution in [0.4, 0.5) is 8.78 Å². The van der Waals surface area contributed by atoms with Gasteiger partial charge in [-0.3, -0.25) is 0 Å². The molecule has 60 valence electrons. The average molecular weight is 150 g/mol. The van der Waals surface area contributed by atoms with E-state index in [1.165, 1.54) is 0 Å². The van der Waals surface area contributed by atoms with Crippen LogP contribution in [-0.2, 0) is 4.74 Å². The Bertz CT molecular complexity index is 114. The topological polar surface area (TPSA) is 9.23 Å². The Balaban J connectivity index is 1.97. The van der Waals surface area contributed by atoms with Crippen LogP contribution in [0.5, 0.6) is 0 Å². The zero-order chi connectivity index (χ0) is 7.61. The largest absolute Gasteiger partial charge is 0.372 e. The van der Waals surface area contributed by atoms with Gasteiger partial charge < -0.3 is 4.74 Å². The van der Waals surface area contributed by atoms with Gasteiger partial charge in [-0.05, 0) is 6.42 Å². The second-order valence-electron chi connectivity index (χ2n) is 2.68. The van der Waals surface area contributed by atoms with Crippen LogP contribution >= 0.6 is 0 Å². The minimum absolute atomic E-state index is 0.0727. The normalized spacial score (nSPS) is 28.5. The molecule has 0 spiro atoms. The average Bonchev–Trinajstić information content (AvgIpc) is 2.41. The highest BCUT2D eigenvalue weighted by molar-refractivity contribution is 4.96. The lowest BCUT2D eigenvalue weighted by Gasteiger charge is -1.99. The summed E-state index contributed by atoms with van der Waals surface area (Å²) in [6.07, 6.45) is 1.04. The maximum atomic E-state index is 12.1. The van der Waals surface area contributed by atoms with Gasteiger partial charge in [0.05, 0.1) is 0 Å². The minimum atomic E-state index is -2.51. The molecule has 0 radical (unpaired) electrons. The van der Waals surface area contributed by atoms with Crippen molar-refractivity contribution in [2.24, 2.45) is 0 Å². The van der Waals surface area contributed by atoms with Gasteiger partial charge in [-0.2, -0.15) is 0 Å². The van der Waals surface area contributed by atoms with E-state index in [0.29, 0.717) is 6.61 Å². The molecule has 0 heterocycles. The second-order valence-corrected chi connectivity index (χ2v) is 2.68. The molecule has 1 aliphatic carbocycles. The van der Waals surface area contributed by atoms with Gasteiger partial charge in [-0.1, -0.05) is 13.3 Å². The van der Waals surface area contributed by atoms with E-state index in [1.54, 1.807) is 0 Å². The molecular formula is C7H12F2O. The zero-order valence-corrected chi connectivity index (χ0v) is 6.07. The molecular weight excluding hydrogens is 138 g/mol. The molecule has 1 aliphatic rings. The van der Waals surface area contributed by atoms with E-state index in [4.69, 9.17) is 4.74 Å². The first-order chi connectivity index (χ1) is 4.67. The van der Waals surface area contributed by atoms with Gasteiger partial charge in [0.2, 0.25) is 0 Å². The molecule has 0 bridgehead atoms. The summed E-state index contributed by atoms with van der Waals surface area (Å²) < 4.78 is 29.1. The van der Waals surface area contributed by atoms with Gasteiger partial charge in [0.1, 0.15) is 6.10 Å². The SMILES string of the molecule is CCCCOC1CC1(F)F. The molecule has 1 fully saturated rings. The molecule has 3 heteroatoms. The molecule has 0 N–H and O–H groups in total. The molecule has 1 atom stereocenters. The lowest BCUT2D eigenvalue weighted by atomic mass is 10.4. The molecule has 10 heavy (non-hydrogen) atoms. The number of ether oxygens (including phenoxy) is 1. The smallest absolute Gasteiger partial charge is 0.276 e. The van der Waals surface area contributed by atoms with Crippen molar-refractivity contribution in [2.45, 2.75) is 38.2 Å². The predicted molar refractivity (Wildman–Crippen MR) is 34.2 cm³/mol. The molecule has 1 unspecified atom stereocenters. The first kappa shape index (κ1) is 7.92. The fourth-order valence-electron chi connectivity index (χ4n) is 0.739. The van der Waals surface area contributed by atoms with Crippen molar-refractivity contribution in [3.8, 4) is 0 Å². The van der Waals surface area contributed by atoms with E-state index in [-0.39, 0.29) is 6.42 Å². The Hall–Kier alpha value is -0.180. The van der Waals surface area contributed by atoms with Crippen LogP contribution in [0.15, 0.2) is 0 Å². The van der Waals surface area contributed by atoms with Crippen molar-refractivity contribution in [2.75, 3.05) is 6.61 Å². The molecule has 0 aromatic carbocycles. The van der Waals surface area contributed by atoms with E-state index in [9.17, 15) is 8.78 Å². The van der Waals surface area contributed by atoms with Crippen molar-refractivity contribution < 1.29 is 13.5 Å². The lowest BCUT2D eigenvalue weighted by Crippen LogP contribution is -2.04. The van der Waals surface area contributed by atoms with Crippen molar-refractivity contribution in [3.63, 3.8) is 0 Å². The summed E-state index contributed by atoms with van der Waals surface area (Å²) in [4.78, 5) is 0. The molecule has 0 saturated heterocycles. The summed E-state index contributed by atoms with van der Waals surface area (Å²) >= 11 is 0. The summed E-state index contributed by atoms with van der Waals surface area (Å²) in [6.45, 7) is 2.49. The van der Waals surface area contributed by atoms with Crippen molar-refractivity contribution in [1.82, 2.24) is 0 Å². The number of alkyl halides is 2. The van der Waals surface area contributed by atoms with E-state index in [1.807, 2.05) is 6.92 Å². The summed E-state index contributed by atoms with van der Waals surface area (Å²) in [5.74, 6) is -2.51. The first-order valence-corrected chi connectivity index (χ1v) is 3.66. The standard InChI is InChI=1S/C7H12F2O/c1-2-3-4-10-6-5-7(6,8)9/h6H,2-5H2,1H3. The Morgan fingerprint density at radius 3 is 2.60 bits per heavy atom. The van der Waals surface area contributed by atoms with E-state index >= 15 is 0 Å². The molecule has 1 rings (SSSR count). The molecule has 0 aromatic heterocycles. The van der Waals surface area contributed by atoms with Crippen LogP contribution in [-0.4, -0.2) is 18.6 Å². The Kier molecular flexibility index (Phi) is 2.24. The van der Waals surface area contributed by atoms with E-state index in [0.717, 1.165) is 12.8 Å². The second kappa shape index (κ2) is 2.82. The fourth-order valence-corrected chi connectivity index (χ4v) is 0.739. The number of rotatable bonds is 4. The number of hydrogen-bond donors (Lipinski definition) is 0. The zero-order valence-electron chi connectivity index (χ0n) is 6.07. The van der Waals surface area contributed by atoms with Crippen molar-refractivity contribution in [3.05, 3.63) is 0 Å². The van der Waals surface area contributed by atoms with Gasteiger partial charge in [0, 0.05) is 13.0 Å². The van der Waals surface area contributed by atoms with Crippen LogP contribution in [0.25, 0.3) is 0 Å². The third-order valence-corrected chi connectivity index (χ3v) is 1.59. The van der Waals surface area contributed by atoms with Gasteiger partial charge in [0.15, 0.2) is 0 Å². The fraction of sp³-hybridized carbons (Fsp3) is 1.00. The van der Waals surface area contributed by atoms with E-state index in [2.05, 4.69) is 0 Å². The van der Waals surface area contributed by atoms with Gasteiger partial charge >= 0.3 is 0 Å². The number of unbranched alkanes of at least 4 members (excludes halogenated alkanes) is 1. The highest BCUT2D eigenvalue weighted by Crippen LogP contribution is 2.44. The quantitative estimate of drug-likeness (QED) is 0.558. The van der Waals surface area contributed by atoms with Crippen LogP contribution in [0.3, 0.4) is 0 Å². The summed E-state index contributed by atoms with van der Waals surface area (Å²) in [5.41, 5.74) is 0. The Morgan fingerprint density at radius 2 is 2.20 bits per heavy atom. The molecule has 1 nitrogen and oxygen atoms in total. The van der Waals surface area contributed by atoms with Crippen LogP contribution in [0, 0.1) is 0 Å². The third kappa shape index (κ3) is 1.90. The number of halogens is 2. The Labute approximate surface area is 59.4 Å². The van der Waals surface area contributed by atoms with Crippen molar-refractivity contribution >= 4 is 0 Å². The summed E-state index contributed by atoms with van der Waals surface area (Å²) in [6, 6.07) is 0. The maximum absolute atomic E-state index is 12.1. The highest BCUT2D eigenvalue weighted by atomic mass is 19.3. The Morgan fingerprint density at radius 1 is 1.60 bits per heavy atom. The lowest BCUT2D eigenvalue weighted by molar-refractivity contribution is 0.0124. The molecule has 0 aliphatic heterocycles. The van der Waals surface area contributed by atoms with Crippen molar-refractivity contribution in [1.29, 1.82) is 0 Å². The van der Waals surface area contributed by atoms with Crippen LogP contribution < -0.4 is 0 Å². The van der Waals surface area contributed by atoms with Gasteiger partial charge in [-0.15, -0.1) is 0 Å². The monoisotopic (exact) mass is 150 g/mol. The first-order valence-electron chi connectivity index (χ1n) is 3.66. The molecule has 0 aromatic rings.